The van der Waals surface area contributed by atoms with Crippen molar-refractivity contribution in [3.05, 3.63) is 90.3 Å². The molecule has 0 N–H and O–H groups in total. The van der Waals surface area contributed by atoms with Gasteiger partial charge in [-0.1, -0.05) is 78.9 Å². The van der Waals surface area contributed by atoms with Crippen molar-refractivity contribution in [1.29, 1.82) is 0 Å². The topological polar surface area (TPSA) is 4.36 Å². The van der Waals surface area contributed by atoms with E-state index in [0.717, 1.165) is 22.3 Å². The first-order chi connectivity index (χ1) is 9.90. The average molecular weight is 255 g/mol. The van der Waals surface area contributed by atoms with E-state index >= 15 is 0 Å². The molecular formula is C19H13N. The average Bonchev–Trinajstić information content (AvgIpc) is 2.55. The maximum atomic E-state index is 7.55. The van der Waals surface area contributed by atoms with Gasteiger partial charge in [0.25, 0.3) is 0 Å². The van der Waals surface area contributed by atoms with E-state index in [4.69, 9.17) is 6.57 Å². The summed E-state index contributed by atoms with van der Waals surface area (Å²) in [4.78, 5) is 3.77. The highest BCUT2D eigenvalue weighted by molar-refractivity contribution is 5.90. The zero-order valence-electron chi connectivity index (χ0n) is 11.0. The minimum absolute atomic E-state index is 0.713. The van der Waals surface area contributed by atoms with Crippen molar-refractivity contribution in [3.8, 4) is 22.3 Å². The maximum Gasteiger partial charge on any atom is 0.202 e. The minimum atomic E-state index is 0.713. The molecule has 0 aliphatic rings. The molecule has 20 heavy (non-hydrogen) atoms. The molecule has 0 fully saturated rings. The number of rotatable bonds is 2. The first-order valence-corrected chi connectivity index (χ1v) is 6.51. The van der Waals surface area contributed by atoms with Crippen LogP contribution in [0.1, 0.15) is 0 Å². The summed E-state index contributed by atoms with van der Waals surface area (Å²) >= 11 is 0. The lowest BCUT2D eigenvalue weighted by molar-refractivity contribution is 1.59. The van der Waals surface area contributed by atoms with Gasteiger partial charge in [-0.2, -0.15) is 0 Å². The summed E-state index contributed by atoms with van der Waals surface area (Å²) in [5.41, 5.74) is 4.85. The highest BCUT2D eigenvalue weighted by Crippen LogP contribution is 2.38. The molecule has 0 amide bonds. The van der Waals surface area contributed by atoms with Gasteiger partial charge in [0, 0.05) is 0 Å². The fourth-order valence-electron chi connectivity index (χ4n) is 2.37. The lowest BCUT2D eigenvalue weighted by atomic mass is 9.96. The van der Waals surface area contributed by atoms with Crippen LogP contribution in [0.4, 0.5) is 5.69 Å². The molecule has 1 nitrogen and oxygen atoms in total. The molecule has 1 heteroatoms. The second-order valence-corrected chi connectivity index (χ2v) is 4.55. The van der Waals surface area contributed by atoms with Crippen molar-refractivity contribution < 1.29 is 0 Å². The third kappa shape index (κ3) is 2.20. The molecule has 0 saturated carbocycles. The lowest BCUT2D eigenvalue weighted by Crippen LogP contribution is -1.82. The third-order valence-corrected chi connectivity index (χ3v) is 3.32. The van der Waals surface area contributed by atoms with E-state index in [1.54, 1.807) is 0 Å². The number of benzene rings is 3. The van der Waals surface area contributed by atoms with Crippen molar-refractivity contribution in [3.63, 3.8) is 0 Å². The molecule has 0 aliphatic carbocycles. The number of hydrogen-bond donors (Lipinski definition) is 0. The Morgan fingerprint density at radius 3 is 1.40 bits per heavy atom. The Bertz CT molecular complexity index is 695. The van der Waals surface area contributed by atoms with Gasteiger partial charge in [-0.05, 0) is 22.3 Å². The van der Waals surface area contributed by atoms with Gasteiger partial charge < -0.3 is 0 Å². The van der Waals surface area contributed by atoms with E-state index in [9.17, 15) is 0 Å². The summed E-state index contributed by atoms with van der Waals surface area (Å²) in [5, 5.41) is 0. The second-order valence-electron chi connectivity index (χ2n) is 4.55. The third-order valence-electron chi connectivity index (χ3n) is 3.32. The van der Waals surface area contributed by atoms with Crippen LogP contribution in [0.15, 0.2) is 78.9 Å². The fraction of sp³-hybridized carbons (Fsp3) is 0. The SMILES string of the molecule is [C-]#[N+]c1c(-c2ccccc2)cccc1-c1ccccc1. The van der Waals surface area contributed by atoms with Crippen LogP contribution in [0.3, 0.4) is 0 Å². The predicted octanol–water partition coefficient (Wildman–Crippen LogP) is 5.57. The Labute approximate surface area is 119 Å². The zero-order valence-corrected chi connectivity index (χ0v) is 11.0. The van der Waals surface area contributed by atoms with E-state index in [2.05, 4.69) is 4.85 Å². The molecule has 0 saturated heterocycles. The number of hydrogen-bond acceptors (Lipinski definition) is 0. The summed E-state index contributed by atoms with van der Waals surface area (Å²) in [6.45, 7) is 7.55. The van der Waals surface area contributed by atoms with Crippen molar-refractivity contribution in [2.45, 2.75) is 0 Å². The van der Waals surface area contributed by atoms with E-state index in [-0.39, 0.29) is 0 Å². The summed E-state index contributed by atoms with van der Waals surface area (Å²) in [7, 11) is 0. The first-order valence-electron chi connectivity index (χ1n) is 6.51. The Morgan fingerprint density at radius 1 is 0.550 bits per heavy atom. The molecular weight excluding hydrogens is 242 g/mol. The molecule has 0 radical (unpaired) electrons. The van der Waals surface area contributed by atoms with Crippen molar-refractivity contribution in [2.75, 3.05) is 0 Å². The van der Waals surface area contributed by atoms with Crippen LogP contribution in [0.25, 0.3) is 27.1 Å². The smallest absolute Gasteiger partial charge is 0.202 e. The van der Waals surface area contributed by atoms with Crippen LogP contribution >= 0.6 is 0 Å². The van der Waals surface area contributed by atoms with Crippen LogP contribution in [0, 0.1) is 6.57 Å². The predicted molar refractivity (Wildman–Crippen MR) is 83.6 cm³/mol. The van der Waals surface area contributed by atoms with Crippen molar-refractivity contribution in [2.24, 2.45) is 0 Å². The lowest BCUT2D eigenvalue weighted by Gasteiger charge is -2.10. The Balaban J connectivity index is 2.22. The summed E-state index contributed by atoms with van der Waals surface area (Å²) in [5.74, 6) is 0. The van der Waals surface area contributed by atoms with Gasteiger partial charge >= 0.3 is 0 Å². The molecule has 3 rings (SSSR count). The summed E-state index contributed by atoms with van der Waals surface area (Å²) in [6.07, 6.45) is 0. The fourth-order valence-corrected chi connectivity index (χ4v) is 2.37. The zero-order chi connectivity index (χ0) is 13.8. The maximum absolute atomic E-state index is 7.55. The molecule has 3 aromatic carbocycles. The Kier molecular flexibility index (Phi) is 3.31. The number of nitrogens with zero attached hydrogens (tertiary/aromatic N) is 1. The minimum Gasteiger partial charge on any atom is -0.237 e. The Hall–Kier alpha value is -2.85. The highest BCUT2D eigenvalue weighted by atomic mass is 14.7. The molecule has 3 aromatic rings. The van der Waals surface area contributed by atoms with Crippen LogP contribution in [-0.4, -0.2) is 0 Å². The molecule has 0 atom stereocenters. The number of para-hydroxylation sites is 1. The highest BCUT2D eigenvalue weighted by Gasteiger charge is 2.11. The van der Waals surface area contributed by atoms with Crippen LogP contribution in [0.5, 0.6) is 0 Å². The molecule has 94 valence electrons. The van der Waals surface area contributed by atoms with Gasteiger partial charge in [0.05, 0.1) is 6.57 Å². The summed E-state index contributed by atoms with van der Waals surface area (Å²) in [6, 6.07) is 26.2. The Morgan fingerprint density at radius 2 is 1.00 bits per heavy atom. The second kappa shape index (κ2) is 5.42. The quantitative estimate of drug-likeness (QED) is 0.527. The van der Waals surface area contributed by atoms with Gasteiger partial charge in [0.15, 0.2) is 0 Å². The van der Waals surface area contributed by atoms with Crippen LogP contribution in [-0.2, 0) is 0 Å². The van der Waals surface area contributed by atoms with Crippen LogP contribution < -0.4 is 0 Å². The van der Waals surface area contributed by atoms with E-state index < -0.39 is 0 Å². The molecule has 0 aliphatic heterocycles. The largest absolute Gasteiger partial charge is 0.237 e. The summed E-state index contributed by atoms with van der Waals surface area (Å²) < 4.78 is 0. The van der Waals surface area contributed by atoms with Gasteiger partial charge in [0.1, 0.15) is 0 Å². The normalized spacial score (nSPS) is 9.95. The van der Waals surface area contributed by atoms with Gasteiger partial charge in [0.2, 0.25) is 5.69 Å². The van der Waals surface area contributed by atoms with E-state index in [1.807, 2.05) is 78.9 Å². The van der Waals surface area contributed by atoms with E-state index in [1.165, 1.54) is 0 Å². The monoisotopic (exact) mass is 255 g/mol. The molecule has 0 spiro atoms. The van der Waals surface area contributed by atoms with Crippen LogP contribution in [0.2, 0.25) is 0 Å². The molecule has 0 heterocycles. The van der Waals surface area contributed by atoms with Gasteiger partial charge in [-0.25, -0.2) is 4.85 Å². The molecule has 0 unspecified atom stereocenters. The van der Waals surface area contributed by atoms with Gasteiger partial charge in [-0.15, -0.1) is 0 Å². The van der Waals surface area contributed by atoms with Crippen molar-refractivity contribution in [1.82, 2.24) is 0 Å². The standard InChI is InChI=1S/C19H13N/c1-20-19-17(15-9-4-2-5-10-15)13-8-14-18(19)16-11-6-3-7-12-16/h2-14H. The van der Waals surface area contributed by atoms with Crippen molar-refractivity contribution >= 4 is 5.69 Å². The molecule has 0 aromatic heterocycles. The molecule has 0 bridgehead atoms. The van der Waals surface area contributed by atoms with Gasteiger partial charge in [-0.3, -0.25) is 0 Å². The van der Waals surface area contributed by atoms with E-state index in [0.29, 0.717) is 5.69 Å². The first kappa shape index (κ1) is 12.2.